The molecule has 1 spiro atoms. The van der Waals surface area contributed by atoms with E-state index < -0.39 is 0 Å². The number of H-pyrrole nitrogens is 1. The average molecular weight is 217 g/mol. The van der Waals surface area contributed by atoms with Crippen LogP contribution in [0.25, 0.3) is 0 Å². The van der Waals surface area contributed by atoms with E-state index in [9.17, 15) is 0 Å². The van der Waals surface area contributed by atoms with Gasteiger partial charge in [0.15, 0.2) is 0 Å². The lowest BCUT2D eigenvalue weighted by atomic mass is 9.52. The van der Waals surface area contributed by atoms with E-state index in [2.05, 4.69) is 15.3 Å². The lowest BCUT2D eigenvalue weighted by molar-refractivity contribution is -0.0374. The summed E-state index contributed by atoms with van der Waals surface area (Å²) in [5, 5.41) is 3.79. The third-order valence-corrected chi connectivity index (χ3v) is 5.08. The van der Waals surface area contributed by atoms with Crippen molar-refractivity contribution in [3.05, 3.63) is 17.7 Å². The van der Waals surface area contributed by atoms with Crippen molar-refractivity contribution >= 4 is 0 Å². The largest absolute Gasteiger partial charge is 0.348 e. The molecule has 0 radical (unpaired) electrons. The van der Waals surface area contributed by atoms with Crippen LogP contribution in [0.5, 0.6) is 0 Å². The number of hydrogen-bond acceptors (Lipinski definition) is 2. The van der Waals surface area contributed by atoms with Gasteiger partial charge in [-0.25, -0.2) is 4.98 Å². The molecule has 2 saturated carbocycles. The molecular weight excluding hydrogens is 198 g/mol. The van der Waals surface area contributed by atoms with Gasteiger partial charge < -0.3 is 10.3 Å². The third kappa shape index (κ3) is 1.000. The van der Waals surface area contributed by atoms with E-state index in [0.29, 0.717) is 0 Å². The number of hydrogen-bond donors (Lipinski definition) is 2. The minimum absolute atomic E-state index is 0.263. The maximum atomic E-state index is 4.61. The van der Waals surface area contributed by atoms with Crippen molar-refractivity contribution in [3.8, 4) is 0 Å². The van der Waals surface area contributed by atoms with Gasteiger partial charge in [-0.2, -0.15) is 0 Å². The van der Waals surface area contributed by atoms with Crippen LogP contribution >= 0.6 is 0 Å². The maximum absolute atomic E-state index is 4.61. The van der Waals surface area contributed by atoms with Crippen LogP contribution in [0, 0.1) is 11.8 Å². The van der Waals surface area contributed by atoms with E-state index in [1.807, 2.05) is 6.33 Å². The molecule has 1 aromatic heterocycles. The Balaban J connectivity index is 1.74. The molecular formula is C13H19N3. The van der Waals surface area contributed by atoms with Crippen LogP contribution in [0.15, 0.2) is 6.33 Å². The van der Waals surface area contributed by atoms with Crippen molar-refractivity contribution in [2.75, 3.05) is 6.54 Å². The molecule has 4 rings (SSSR count). The Morgan fingerprint density at radius 1 is 1.31 bits per heavy atom. The number of imidazole rings is 1. The molecule has 1 aliphatic heterocycles. The number of aromatic amines is 1. The molecule has 1 aromatic rings. The minimum Gasteiger partial charge on any atom is -0.348 e. The molecule has 3 atom stereocenters. The van der Waals surface area contributed by atoms with Crippen LogP contribution < -0.4 is 5.32 Å². The first-order valence-electron chi connectivity index (χ1n) is 6.68. The highest BCUT2D eigenvalue weighted by Gasteiger charge is 2.57. The molecule has 0 saturated heterocycles. The highest BCUT2D eigenvalue weighted by atomic mass is 15.1. The highest BCUT2D eigenvalue weighted by Crippen LogP contribution is 2.57. The number of rotatable bonds is 0. The summed E-state index contributed by atoms with van der Waals surface area (Å²) >= 11 is 0. The Morgan fingerprint density at radius 3 is 3.19 bits per heavy atom. The predicted molar refractivity (Wildman–Crippen MR) is 62.0 cm³/mol. The molecule has 2 heterocycles. The van der Waals surface area contributed by atoms with Crippen molar-refractivity contribution in [2.45, 2.75) is 44.1 Å². The number of nitrogens with one attached hydrogen (secondary N) is 2. The summed E-state index contributed by atoms with van der Waals surface area (Å²) < 4.78 is 0. The van der Waals surface area contributed by atoms with Gasteiger partial charge >= 0.3 is 0 Å². The first-order chi connectivity index (χ1) is 7.90. The van der Waals surface area contributed by atoms with Gasteiger partial charge in [0.2, 0.25) is 0 Å². The fourth-order valence-electron chi connectivity index (χ4n) is 4.37. The summed E-state index contributed by atoms with van der Waals surface area (Å²) in [6.07, 6.45) is 10.1. The maximum Gasteiger partial charge on any atom is 0.0926 e. The van der Waals surface area contributed by atoms with Gasteiger partial charge in [0.25, 0.3) is 0 Å². The molecule has 0 bridgehead atoms. The van der Waals surface area contributed by atoms with Crippen molar-refractivity contribution in [1.82, 2.24) is 15.3 Å². The second-order valence-electron chi connectivity index (χ2n) is 5.73. The Hall–Kier alpha value is -0.830. The van der Waals surface area contributed by atoms with Crippen LogP contribution in [0.3, 0.4) is 0 Å². The molecule has 3 heteroatoms. The molecule has 16 heavy (non-hydrogen) atoms. The number of fused-ring (bicyclic) bond motifs is 4. The van der Waals surface area contributed by atoms with Crippen LogP contribution in [0.2, 0.25) is 0 Å². The lowest BCUT2D eigenvalue weighted by Crippen LogP contribution is -2.63. The number of nitrogens with zero attached hydrogens (tertiary/aromatic N) is 1. The van der Waals surface area contributed by atoms with Gasteiger partial charge in [-0.3, -0.25) is 0 Å². The molecule has 2 fully saturated rings. The molecule has 3 aliphatic rings. The predicted octanol–water partition coefficient (Wildman–Crippen LogP) is 1.96. The van der Waals surface area contributed by atoms with E-state index >= 15 is 0 Å². The second kappa shape index (κ2) is 3.10. The Labute approximate surface area is 96.0 Å². The van der Waals surface area contributed by atoms with Crippen molar-refractivity contribution in [1.29, 1.82) is 0 Å². The standard InChI is InChI=1S/C13H19N3/c1-2-4-10-9(3-1)7-13(10)12-11(5-6-16-13)14-8-15-12/h8-10,16H,1-7H2,(H,14,15)/t9-,10-,13?/m0/s1. The summed E-state index contributed by atoms with van der Waals surface area (Å²) in [5.41, 5.74) is 3.00. The first-order valence-corrected chi connectivity index (χ1v) is 6.68. The molecule has 86 valence electrons. The summed E-state index contributed by atoms with van der Waals surface area (Å²) in [4.78, 5) is 7.93. The molecule has 1 unspecified atom stereocenters. The molecule has 2 aliphatic carbocycles. The van der Waals surface area contributed by atoms with E-state index in [-0.39, 0.29) is 5.54 Å². The van der Waals surface area contributed by atoms with Gasteiger partial charge in [0.1, 0.15) is 0 Å². The quantitative estimate of drug-likeness (QED) is 0.697. The highest BCUT2D eigenvalue weighted by molar-refractivity contribution is 5.31. The fraction of sp³-hybridized carbons (Fsp3) is 0.769. The van der Waals surface area contributed by atoms with Crippen molar-refractivity contribution < 1.29 is 0 Å². The summed E-state index contributed by atoms with van der Waals surface area (Å²) in [7, 11) is 0. The van der Waals surface area contributed by atoms with E-state index in [4.69, 9.17) is 0 Å². The smallest absolute Gasteiger partial charge is 0.0926 e. The van der Waals surface area contributed by atoms with E-state index in [0.717, 1.165) is 24.8 Å². The third-order valence-electron chi connectivity index (χ3n) is 5.08. The van der Waals surface area contributed by atoms with Crippen LogP contribution in [0.1, 0.15) is 43.5 Å². The molecule has 3 nitrogen and oxygen atoms in total. The van der Waals surface area contributed by atoms with Gasteiger partial charge in [-0.05, 0) is 24.7 Å². The second-order valence-corrected chi connectivity index (χ2v) is 5.73. The van der Waals surface area contributed by atoms with Crippen molar-refractivity contribution in [3.63, 3.8) is 0 Å². The van der Waals surface area contributed by atoms with Crippen LogP contribution in [0.4, 0.5) is 0 Å². The molecule has 0 aromatic carbocycles. The van der Waals surface area contributed by atoms with Gasteiger partial charge in [-0.15, -0.1) is 0 Å². The van der Waals surface area contributed by atoms with Crippen molar-refractivity contribution in [2.24, 2.45) is 11.8 Å². The zero-order chi connectivity index (χ0) is 10.6. The van der Waals surface area contributed by atoms with Crippen LogP contribution in [-0.4, -0.2) is 16.5 Å². The zero-order valence-corrected chi connectivity index (χ0v) is 9.63. The topological polar surface area (TPSA) is 40.7 Å². The first kappa shape index (κ1) is 9.23. The monoisotopic (exact) mass is 217 g/mol. The van der Waals surface area contributed by atoms with Gasteiger partial charge in [0, 0.05) is 18.7 Å². The van der Waals surface area contributed by atoms with Gasteiger partial charge in [-0.1, -0.05) is 19.3 Å². The van der Waals surface area contributed by atoms with E-state index in [1.165, 1.54) is 43.5 Å². The summed E-state index contributed by atoms with van der Waals surface area (Å²) in [5.74, 6) is 1.84. The SMILES string of the molecule is c1nc2c([nH]1)CCNC21C[C@@H]2CCCC[C@@H]21. The molecule has 2 N–H and O–H groups in total. The Bertz CT molecular complexity index is 411. The van der Waals surface area contributed by atoms with Crippen LogP contribution in [-0.2, 0) is 12.0 Å². The average Bonchev–Trinajstić information content (AvgIpc) is 2.76. The van der Waals surface area contributed by atoms with Gasteiger partial charge in [0.05, 0.1) is 17.6 Å². The zero-order valence-electron chi connectivity index (χ0n) is 9.63. The summed E-state index contributed by atoms with van der Waals surface area (Å²) in [6, 6.07) is 0. The normalized spacial score (nSPS) is 41.2. The summed E-state index contributed by atoms with van der Waals surface area (Å²) in [6.45, 7) is 1.12. The fourth-order valence-corrected chi connectivity index (χ4v) is 4.37. The Kier molecular flexibility index (Phi) is 1.79. The lowest BCUT2D eigenvalue weighted by Gasteiger charge is -2.58. The minimum atomic E-state index is 0.263. The van der Waals surface area contributed by atoms with E-state index in [1.54, 1.807) is 0 Å². The number of aromatic nitrogens is 2. The Morgan fingerprint density at radius 2 is 2.25 bits per heavy atom. The molecule has 0 amide bonds.